The molecular weight excluding hydrogens is 182 g/mol. The lowest BCUT2D eigenvalue weighted by atomic mass is 10.1. The Morgan fingerprint density at radius 2 is 1.86 bits per heavy atom. The normalized spacial score (nSPS) is 13.6. The second kappa shape index (κ2) is 5.07. The summed E-state index contributed by atoms with van der Waals surface area (Å²) in [5, 5.41) is 11.1. The number of carboxylic acid groups (broad SMARTS) is 1. The molecule has 0 spiro atoms. The van der Waals surface area contributed by atoms with Crippen LogP contribution in [0.25, 0.3) is 0 Å². The molecule has 1 unspecified atom stereocenters. The van der Waals surface area contributed by atoms with Gasteiger partial charge in [-0.2, -0.15) is 0 Å². The Morgan fingerprint density at radius 3 is 2.21 bits per heavy atom. The molecule has 0 saturated heterocycles. The number of terminal acetylenes is 1. The first-order valence-electron chi connectivity index (χ1n) is 4.08. The van der Waals surface area contributed by atoms with Crippen LogP contribution >= 0.6 is 0 Å². The van der Waals surface area contributed by atoms with Crippen molar-refractivity contribution in [2.45, 2.75) is 26.8 Å². The highest BCUT2D eigenvalue weighted by Gasteiger charge is 2.13. The van der Waals surface area contributed by atoms with Crippen LogP contribution in [0.3, 0.4) is 0 Å². The molecule has 0 aliphatic carbocycles. The van der Waals surface area contributed by atoms with Crippen molar-refractivity contribution in [2.24, 2.45) is 0 Å². The zero-order chi connectivity index (χ0) is 11.3. The van der Waals surface area contributed by atoms with Crippen LogP contribution in [-0.2, 0) is 9.59 Å². The lowest BCUT2D eigenvalue weighted by molar-refractivity contribution is -0.133. The molecule has 1 amide bonds. The van der Waals surface area contributed by atoms with Gasteiger partial charge in [-0.25, -0.2) is 4.79 Å². The first kappa shape index (κ1) is 12.2. The van der Waals surface area contributed by atoms with E-state index in [1.807, 2.05) is 0 Å². The third-order valence-corrected chi connectivity index (χ3v) is 1.82. The quantitative estimate of drug-likeness (QED) is 0.510. The van der Waals surface area contributed by atoms with Gasteiger partial charge in [0, 0.05) is 11.1 Å². The highest BCUT2D eigenvalue weighted by molar-refractivity contribution is 6.01. The van der Waals surface area contributed by atoms with E-state index in [0.29, 0.717) is 0 Å². The summed E-state index contributed by atoms with van der Waals surface area (Å²) >= 11 is 0. The summed E-state index contributed by atoms with van der Waals surface area (Å²) in [5.74, 6) is 0.763. The van der Waals surface area contributed by atoms with Crippen LogP contribution in [0.15, 0.2) is 11.1 Å². The summed E-state index contributed by atoms with van der Waals surface area (Å²) in [4.78, 5) is 21.9. The van der Waals surface area contributed by atoms with E-state index >= 15 is 0 Å². The minimum Gasteiger partial charge on any atom is -0.478 e. The zero-order valence-corrected chi connectivity index (χ0v) is 8.42. The van der Waals surface area contributed by atoms with Crippen molar-refractivity contribution < 1.29 is 14.7 Å². The molecule has 4 heteroatoms. The van der Waals surface area contributed by atoms with Gasteiger partial charge in [-0.3, -0.25) is 4.79 Å². The SMILES string of the molecule is C#CC(C)NC(=O)/C(C)=C(/C)C(=O)O. The minimum absolute atomic E-state index is 0.0201. The number of carboxylic acids is 1. The van der Waals surface area contributed by atoms with Gasteiger partial charge in [-0.1, -0.05) is 5.92 Å². The number of aliphatic carboxylic acids is 1. The van der Waals surface area contributed by atoms with Gasteiger partial charge < -0.3 is 10.4 Å². The smallest absolute Gasteiger partial charge is 0.331 e. The Morgan fingerprint density at radius 1 is 1.36 bits per heavy atom. The molecule has 0 aliphatic rings. The van der Waals surface area contributed by atoms with Crippen LogP contribution in [0, 0.1) is 12.3 Å². The minimum atomic E-state index is -1.11. The molecule has 0 saturated carbocycles. The van der Waals surface area contributed by atoms with Crippen LogP contribution in [-0.4, -0.2) is 23.0 Å². The third-order valence-electron chi connectivity index (χ3n) is 1.82. The Bertz CT molecular complexity index is 323. The summed E-state index contributed by atoms with van der Waals surface area (Å²) in [5.41, 5.74) is 0.186. The van der Waals surface area contributed by atoms with Crippen LogP contribution in [0.4, 0.5) is 0 Å². The molecule has 0 aliphatic heterocycles. The Labute approximate surface area is 83.0 Å². The van der Waals surface area contributed by atoms with Gasteiger partial charge in [0.2, 0.25) is 5.91 Å². The third kappa shape index (κ3) is 3.31. The molecule has 0 bridgehead atoms. The number of rotatable bonds is 3. The second-order valence-corrected chi connectivity index (χ2v) is 2.92. The van der Waals surface area contributed by atoms with E-state index in [2.05, 4.69) is 11.2 Å². The summed E-state index contributed by atoms with van der Waals surface area (Å²) in [6.45, 7) is 4.46. The molecule has 2 N–H and O–H groups in total. The molecule has 76 valence electrons. The van der Waals surface area contributed by atoms with Crippen LogP contribution in [0.2, 0.25) is 0 Å². The van der Waals surface area contributed by atoms with Crippen molar-refractivity contribution >= 4 is 11.9 Å². The Kier molecular flexibility index (Phi) is 4.44. The van der Waals surface area contributed by atoms with Gasteiger partial charge in [-0.05, 0) is 20.8 Å². The Hall–Kier alpha value is -1.76. The highest BCUT2D eigenvalue weighted by Crippen LogP contribution is 2.03. The van der Waals surface area contributed by atoms with E-state index in [0.717, 1.165) is 0 Å². The maximum absolute atomic E-state index is 11.3. The van der Waals surface area contributed by atoms with Crippen molar-refractivity contribution in [1.82, 2.24) is 5.32 Å². The number of nitrogens with one attached hydrogen (secondary N) is 1. The average molecular weight is 195 g/mol. The maximum atomic E-state index is 11.3. The first-order valence-corrected chi connectivity index (χ1v) is 4.08. The van der Waals surface area contributed by atoms with Gasteiger partial charge in [0.1, 0.15) is 0 Å². The van der Waals surface area contributed by atoms with Crippen LogP contribution in [0.1, 0.15) is 20.8 Å². The number of amides is 1. The molecule has 14 heavy (non-hydrogen) atoms. The molecule has 0 fully saturated rings. The van der Waals surface area contributed by atoms with Crippen LogP contribution < -0.4 is 5.32 Å². The summed E-state index contributed by atoms with van der Waals surface area (Å²) in [7, 11) is 0. The van der Waals surface area contributed by atoms with Gasteiger partial charge in [0.05, 0.1) is 6.04 Å². The van der Waals surface area contributed by atoms with E-state index in [9.17, 15) is 9.59 Å². The maximum Gasteiger partial charge on any atom is 0.331 e. The number of carbonyl (C=O) groups is 2. The molecule has 0 radical (unpaired) electrons. The zero-order valence-electron chi connectivity index (χ0n) is 8.42. The Balaban J connectivity index is 4.65. The van der Waals surface area contributed by atoms with Gasteiger partial charge in [0.25, 0.3) is 0 Å². The first-order chi connectivity index (χ1) is 6.40. The van der Waals surface area contributed by atoms with Crippen molar-refractivity contribution in [3.63, 3.8) is 0 Å². The topological polar surface area (TPSA) is 66.4 Å². The van der Waals surface area contributed by atoms with Crippen molar-refractivity contribution in [1.29, 1.82) is 0 Å². The molecule has 0 rings (SSSR count). The molecule has 4 nitrogen and oxygen atoms in total. The van der Waals surface area contributed by atoms with E-state index in [1.54, 1.807) is 6.92 Å². The van der Waals surface area contributed by atoms with Gasteiger partial charge >= 0.3 is 5.97 Å². The molecule has 0 aromatic carbocycles. The molecule has 1 atom stereocenters. The van der Waals surface area contributed by atoms with E-state index in [4.69, 9.17) is 11.5 Å². The standard InChI is InChI=1S/C10H13NO3/c1-5-6(2)11-9(12)7(3)8(4)10(13)14/h1,6H,2-4H3,(H,11,12)(H,13,14)/b8-7-. The van der Waals surface area contributed by atoms with Crippen molar-refractivity contribution in [3.05, 3.63) is 11.1 Å². The molecule has 0 aromatic heterocycles. The summed E-state index contributed by atoms with van der Waals surface area (Å²) in [6, 6.07) is -0.404. The summed E-state index contributed by atoms with van der Waals surface area (Å²) in [6.07, 6.45) is 5.06. The fourth-order valence-corrected chi connectivity index (χ4v) is 0.677. The second-order valence-electron chi connectivity index (χ2n) is 2.92. The average Bonchev–Trinajstić information content (AvgIpc) is 2.14. The predicted molar refractivity (Wildman–Crippen MR) is 52.4 cm³/mol. The van der Waals surface area contributed by atoms with Gasteiger partial charge in [0.15, 0.2) is 0 Å². The van der Waals surface area contributed by atoms with Crippen LogP contribution in [0.5, 0.6) is 0 Å². The van der Waals surface area contributed by atoms with E-state index in [-0.39, 0.29) is 11.1 Å². The molecule has 0 heterocycles. The van der Waals surface area contributed by atoms with Crippen molar-refractivity contribution in [3.8, 4) is 12.3 Å². The van der Waals surface area contributed by atoms with E-state index < -0.39 is 17.9 Å². The number of hydrogen-bond donors (Lipinski definition) is 2. The van der Waals surface area contributed by atoms with Crippen molar-refractivity contribution in [2.75, 3.05) is 0 Å². The highest BCUT2D eigenvalue weighted by atomic mass is 16.4. The largest absolute Gasteiger partial charge is 0.478 e. The monoisotopic (exact) mass is 195 g/mol. The number of hydrogen-bond acceptors (Lipinski definition) is 2. The lowest BCUT2D eigenvalue weighted by Gasteiger charge is -2.08. The molecule has 0 aromatic rings. The molecular formula is C10H13NO3. The fraction of sp³-hybridized carbons (Fsp3) is 0.400. The predicted octanol–water partition coefficient (Wildman–Crippen LogP) is 0.545. The number of carbonyl (C=O) groups excluding carboxylic acids is 1. The summed E-state index contributed by atoms with van der Waals surface area (Å²) < 4.78 is 0. The lowest BCUT2D eigenvalue weighted by Crippen LogP contribution is -2.32. The van der Waals surface area contributed by atoms with E-state index in [1.165, 1.54) is 13.8 Å². The van der Waals surface area contributed by atoms with Gasteiger partial charge in [-0.15, -0.1) is 6.42 Å². The fourth-order valence-electron chi connectivity index (χ4n) is 0.677.